The molecule has 6 rings (SSSR count). The number of fused-ring (bicyclic) bond motifs is 4. The van der Waals surface area contributed by atoms with Crippen molar-refractivity contribution in [1.82, 2.24) is 0 Å². The molecular weight excluding hydrogens is 681 g/mol. The van der Waals surface area contributed by atoms with Crippen molar-refractivity contribution in [3.05, 3.63) is 92.2 Å². The van der Waals surface area contributed by atoms with Crippen molar-refractivity contribution < 1.29 is 28.6 Å². The molecule has 45 heavy (non-hydrogen) atoms. The number of aromatic carboxylic acids is 2. The Morgan fingerprint density at radius 1 is 0.556 bits per heavy atom. The molecule has 0 amide bonds. The Morgan fingerprint density at radius 2 is 0.933 bits per heavy atom. The second-order valence-corrected chi connectivity index (χ2v) is 12.7. The third-order valence-corrected chi connectivity index (χ3v) is 9.70. The van der Waals surface area contributed by atoms with Crippen molar-refractivity contribution in [3.63, 3.8) is 0 Å². The predicted octanol–water partition coefficient (Wildman–Crippen LogP) is 5.13. The molecule has 13 heteroatoms. The van der Waals surface area contributed by atoms with E-state index in [9.17, 15) is 29.4 Å². The van der Waals surface area contributed by atoms with Gasteiger partial charge in [0.15, 0.2) is 11.2 Å². The Labute approximate surface area is 303 Å². The first-order valence-corrected chi connectivity index (χ1v) is 17.7. The summed E-state index contributed by atoms with van der Waals surface area (Å²) in [5.74, 6) is -2.63. The van der Waals surface area contributed by atoms with Crippen LogP contribution in [-0.2, 0) is 0 Å². The van der Waals surface area contributed by atoms with E-state index < -0.39 is 11.9 Å². The van der Waals surface area contributed by atoms with E-state index in [0.717, 1.165) is 19.6 Å². The fourth-order valence-corrected chi connectivity index (χ4v) is 6.85. The van der Waals surface area contributed by atoms with Gasteiger partial charge in [-0.15, -0.1) is 47.0 Å². The first-order chi connectivity index (χ1) is 21.1. The van der Waals surface area contributed by atoms with Gasteiger partial charge in [0.25, 0.3) is 0 Å². The maximum absolute atomic E-state index is 12.7. The van der Waals surface area contributed by atoms with Gasteiger partial charge in [0, 0.05) is 9.79 Å². The van der Waals surface area contributed by atoms with Gasteiger partial charge in [0.2, 0.25) is 10.9 Å². The largest absolute Gasteiger partial charge is 2.00 e. The number of thioether (sulfide) groups is 4. The minimum absolute atomic E-state index is 0. The van der Waals surface area contributed by atoms with Crippen LogP contribution in [0.15, 0.2) is 98.7 Å². The van der Waals surface area contributed by atoms with Gasteiger partial charge < -0.3 is 28.6 Å². The molecule has 224 valence electrons. The maximum Gasteiger partial charge on any atom is 2.00 e. The van der Waals surface area contributed by atoms with Gasteiger partial charge in [0.05, 0.1) is 43.3 Å². The molecule has 0 N–H and O–H groups in total. The first kappa shape index (κ1) is 35.3. The second kappa shape index (κ2) is 14.9. The van der Waals surface area contributed by atoms with Gasteiger partial charge in [-0.05, 0) is 96.8 Å². The van der Waals surface area contributed by atoms with E-state index in [4.69, 9.17) is 8.83 Å². The topological polar surface area (TPSA) is 141 Å². The van der Waals surface area contributed by atoms with Gasteiger partial charge in [-0.1, -0.05) is 0 Å². The number of hydrogen-bond acceptors (Lipinski definition) is 12. The number of hydrogen-bond donors (Lipinski definition) is 0. The Kier molecular flexibility index (Phi) is 11.7. The predicted molar refractivity (Wildman–Crippen MR) is 182 cm³/mol. The van der Waals surface area contributed by atoms with Crippen LogP contribution >= 0.6 is 47.0 Å². The zero-order valence-corrected chi connectivity index (χ0v) is 29.9. The summed E-state index contributed by atoms with van der Waals surface area (Å²) in [6.07, 6.45) is 7.70. The Bertz CT molecular complexity index is 2090. The van der Waals surface area contributed by atoms with E-state index in [-0.39, 0.29) is 70.5 Å². The fraction of sp³-hybridized carbons (Fsp3) is 0.125. The number of carbonyl (C=O) groups excluding carboxylic acids is 2. The van der Waals surface area contributed by atoms with Crippen molar-refractivity contribution in [2.24, 2.45) is 0 Å². The zero-order chi connectivity index (χ0) is 31.7. The zero-order valence-electron chi connectivity index (χ0n) is 24.4. The molecule has 0 saturated carbocycles. The molecule has 6 aromatic rings. The van der Waals surface area contributed by atoms with Crippen LogP contribution in [0.1, 0.15) is 20.7 Å². The van der Waals surface area contributed by atoms with Crippen LogP contribution in [0, 0.1) is 0 Å². The van der Waals surface area contributed by atoms with E-state index in [1.165, 1.54) is 83.4 Å². The smallest absolute Gasteiger partial charge is 0.545 e. The van der Waals surface area contributed by atoms with E-state index in [1.807, 2.05) is 37.2 Å². The van der Waals surface area contributed by atoms with Gasteiger partial charge in [-0.3, -0.25) is 9.59 Å². The summed E-state index contributed by atoms with van der Waals surface area (Å²) in [5, 5.41) is 23.4. The fourth-order valence-electron chi connectivity index (χ4n) is 4.60. The van der Waals surface area contributed by atoms with Crippen molar-refractivity contribution in [2.45, 2.75) is 19.6 Å². The van der Waals surface area contributed by atoms with E-state index >= 15 is 0 Å². The molecule has 0 radical (unpaired) electrons. The monoisotopic (exact) mass is 702 g/mol. The summed E-state index contributed by atoms with van der Waals surface area (Å²) < 4.78 is 11.7. The Hall–Kier alpha value is -2.58. The summed E-state index contributed by atoms with van der Waals surface area (Å²) in [6.45, 7) is 0. The van der Waals surface area contributed by atoms with Crippen LogP contribution in [0.3, 0.4) is 0 Å². The molecule has 0 aliphatic rings. The van der Waals surface area contributed by atoms with Crippen LogP contribution in [0.25, 0.3) is 43.9 Å². The van der Waals surface area contributed by atoms with Crippen molar-refractivity contribution in [3.8, 4) is 0 Å². The summed E-state index contributed by atoms with van der Waals surface area (Å²) in [7, 11) is 0. The molecule has 4 aromatic carbocycles. The molecule has 8 nitrogen and oxygen atoms in total. The van der Waals surface area contributed by atoms with Gasteiger partial charge in [0.1, 0.15) is 11.2 Å². The minimum atomic E-state index is -1.32. The molecule has 2 aromatic heterocycles. The molecule has 0 aliphatic heterocycles. The van der Waals surface area contributed by atoms with Crippen LogP contribution in [0.4, 0.5) is 0 Å². The normalized spacial score (nSPS) is 10.9. The standard InChI is InChI=1S/2C16H12O4S2.Ca/c2*1-21-9-6-11-14(17)10-5-8(16(18)19)3-4-12(10)20-15(11)13(7-9)22-2;/h2*3-7H,1-2H3,(H,18,19);/q;;+2/p-2. The summed E-state index contributed by atoms with van der Waals surface area (Å²) in [4.78, 5) is 51.0. The number of benzene rings is 4. The van der Waals surface area contributed by atoms with Crippen LogP contribution in [0.2, 0.25) is 0 Å². The maximum atomic E-state index is 12.7. The molecule has 0 fully saturated rings. The molecular formula is C32H22CaO8S4. The molecule has 0 aliphatic carbocycles. The van der Waals surface area contributed by atoms with Crippen molar-refractivity contribution >= 4 is 141 Å². The number of carboxylic acids is 2. The number of rotatable bonds is 6. The van der Waals surface area contributed by atoms with Crippen LogP contribution in [0.5, 0.6) is 0 Å². The molecule has 0 atom stereocenters. The van der Waals surface area contributed by atoms with E-state index in [1.54, 1.807) is 12.1 Å². The summed E-state index contributed by atoms with van der Waals surface area (Å²) in [6, 6.07) is 15.9. The quantitative estimate of drug-likeness (QED) is 0.129. The van der Waals surface area contributed by atoms with Crippen molar-refractivity contribution in [2.75, 3.05) is 25.0 Å². The Morgan fingerprint density at radius 3 is 1.24 bits per heavy atom. The van der Waals surface area contributed by atoms with E-state index in [2.05, 4.69) is 0 Å². The number of carbonyl (C=O) groups is 2. The number of carboxylic acid groups (broad SMARTS) is 2. The average Bonchev–Trinajstić information content (AvgIpc) is 3.04. The minimum Gasteiger partial charge on any atom is -0.545 e. The second-order valence-electron chi connectivity index (χ2n) is 9.27. The molecule has 0 saturated heterocycles. The molecule has 0 unspecified atom stereocenters. The third-order valence-electron chi connectivity index (χ3n) is 6.80. The van der Waals surface area contributed by atoms with Gasteiger partial charge in [-0.25, -0.2) is 0 Å². The SMILES string of the molecule is CSc1cc(SC)c2oc3ccc(C(=O)[O-])cc3c(=O)c2c1.CSc1cc(SC)c2oc3ccc(C(=O)[O-])cc3c(=O)c2c1.[Ca+2]. The summed E-state index contributed by atoms with van der Waals surface area (Å²) in [5.41, 5.74) is 1.27. The van der Waals surface area contributed by atoms with Gasteiger partial charge in [-0.2, -0.15) is 0 Å². The molecule has 0 bridgehead atoms. The average molecular weight is 703 g/mol. The Balaban J connectivity index is 0.000000200. The first-order valence-electron chi connectivity index (χ1n) is 12.8. The van der Waals surface area contributed by atoms with Gasteiger partial charge >= 0.3 is 37.7 Å². The van der Waals surface area contributed by atoms with E-state index in [0.29, 0.717) is 33.1 Å². The van der Waals surface area contributed by atoms with Crippen LogP contribution < -0.4 is 21.1 Å². The summed E-state index contributed by atoms with van der Waals surface area (Å²) >= 11 is 6.08. The molecule has 2 heterocycles. The van der Waals surface area contributed by atoms with Crippen molar-refractivity contribution in [1.29, 1.82) is 0 Å². The third kappa shape index (κ3) is 7.07. The molecule has 0 spiro atoms. The van der Waals surface area contributed by atoms with Crippen LogP contribution in [-0.4, -0.2) is 74.7 Å².